The van der Waals surface area contributed by atoms with Crippen LogP contribution in [-0.4, -0.2) is 49.4 Å². The average molecular weight is 395 g/mol. The maximum Gasteiger partial charge on any atom is 0.337 e. The lowest BCUT2D eigenvalue weighted by atomic mass is 10.1. The number of hydrogen-bond donors (Lipinski definition) is 1. The molecule has 29 heavy (non-hydrogen) atoms. The average Bonchev–Trinajstić information content (AvgIpc) is 2.81. The van der Waals surface area contributed by atoms with Crippen LogP contribution >= 0.6 is 0 Å². The van der Waals surface area contributed by atoms with Crippen LogP contribution in [0.25, 0.3) is 0 Å². The Morgan fingerprint density at radius 1 is 1.17 bits per heavy atom. The summed E-state index contributed by atoms with van der Waals surface area (Å²) >= 11 is 0. The van der Waals surface area contributed by atoms with E-state index in [4.69, 9.17) is 4.74 Å². The van der Waals surface area contributed by atoms with Crippen molar-refractivity contribution in [1.82, 2.24) is 4.90 Å². The quantitative estimate of drug-likeness (QED) is 0.788. The molecule has 7 heteroatoms. The van der Waals surface area contributed by atoms with Crippen LogP contribution < -0.4 is 10.2 Å². The van der Waals surface area contributed by atoms with E-state index in [9.17, 15) is 14.4 Å². The third-order valence-corrected chi connectivity index (χ3v) is 4.86. The summed E-state index contributed by atoms with van der Waals surface area (Å²) in [6, 6.07) is 14.2. The molecule has 0 radical (unpaired) electrons. The molecule has 1 unspecified atom stereocenters. The number of carbonyl (C=O) groups excluding carboxylic acids is 3. The minimum Gasteiger partial charge on any atom is -0.465 e. The number of nitrogens with one attached hydrogen (secondary N) is 1. The van der Waals surface area contributed by atoms with Gasteiger partial charge in [0, 0.05) is 19.0 Å². The SMILES string of the molecule is COC(=O)c1ccc(CN(C)CC(=O)N2c3ccccc3NC(=O)CC2C)cc1. The maximum atomic E-state index is 13.1. The molecule has 2 aromatic rings. The molecule has 1 aliphatic rings. The number of fused-ring (bicyclic) bond motifs is 1. The Bertz CT molecular complexity index is 911. The van der Waals surface area contributed by atoms with E-state index in [1.54, 1.807) is 23.1 Å². The summed E-state index contributed by atoms with van der Waals surface area (Å²) in [7, 11) is 3.21. The zero-order valence-electron chi connectivity index (χ0n) is 16.8. The molecule has 3 rings (SSSR count). The van der Waals surface area contributed by atoms with Crippen LogP contribution in [0.1, 0.15) is 29.3 Å². The van der Waals surface area contributed by atoms with Gasteiger partial charge in [-0.25, -0.2) is 4.79 Å². The molecule has 2 aromatic carbocycles. The van der Waals surface area contributed by atoms with Crippen LogP contribution in [0.15, 0.2) is 48.5 Å². The Morgan fingerprint density at radius 3 is 2.55 bits per heavy atom. The fourth-order valence-corrected chi connectivity index (χ4v) is 3.51. The van der Waals surface area contributed by atoms with Crippen LogP contribution in [0.4, 0.5) is 11.4 Å². The van der Waals surface area contributed by atoms with Gasteiger partial charge in [-0.2, -0.15) is 0 Å². The Kier molecular flexibility index (Phi) is 6.29. The first-order valence-electron chi connectivity index (χ1n) is 9.45. The topological polar surface area (TPSA) is 79.0 Å². The third kappa shape index (κ3) is 4.81. The Balaban J connectivity index is 1.70. The summed E-state index contributed by atoms with van der Waals surface area (Å²) < 4.78 is 4.70. The van der Waals surface area contributed by atoms with Crippen molar-refractivity contribution >= 4 is 29.2 Å². The van der Waals surface area contributed by atoms with Crippen molar-refractivity contribution in [1.29, 1.82) is 0 Å². The highest BCUT2D eigenvalue weighted by atomic mass is 16.5. The lowest BCUT2D eigenvalue weighted by molar-refractivity contribution is -0.120. The zero-order valence-corrected chi connectivity index (χ0v) is 16.8. The number of nitrogens with zero attached hydrogens (tertiary/aromatic N) is 2. The highest BCUT2D eigenvalue weighted by molar-refractivity contribution is 6.04. The van der Waals surface area contributed by atoms with Gasteiger partial charge in [-0.15, -0.1) is 0 Å². The number of para-hydroxylation sites is 2. The lowest BCUT2D eigenvalue weighted by Gasteiger charge is -2.29. The summed E-state index contributed by atoms with van der Waals surface area (Å²) in [5, 5.41) is 2.87. The van der Waals surface area contributed by atoms with Gasteiger partial charge in [-0.1, -0.05) is 24.3 Å². The van der Waals surface area contributed by atoms with Gasteiger partial charge < -0.3 is 15.0 Å². The van der Waals surface area contributed by atoms with Crippen LogP contribution in [-0.2, 0) is 20.9 Å². The second kappa shape index (κ2) is 8.87. The van der Waals surface area contributed by atoms with Crippen molar-refractivity contribution in [3.8, 4) is 0 Å². The van der Waals surface area contributed by atoms with Crippen LogP contribution in [0.2, 0.25) is 0 Å². The molecular weight excluding hydrogens is 370 g/mol. The Labute approximate surface area is 170 Å². The van der Waals surface area contributed by atoms with Gasteiger partial charge in [-0.3, -0.25) is 14.5 Å². The number of rotatable bonds is 5. The molecule has 1 atom stereocenters. The Hall–Kier alpha value is -3.19. The first-order valence-corrected chi connectivity index (χ1v) is 9.45. The molecule has 1 heterocycles. The first kappa shape index (κ1) is 20.5. The fourth-order valence-electron chi connectivity index (χ4n) is 3.51. The van der Waals surface area contributed by atoms with Gasteiger partial charge in [0.05, 0.1) is 30.6 Å². The molecule has 0 fully saturated rings. The standard InChI is InChI=1S/C22H25N3O4/c1-15-12-20(26)23-18-6-4-5-7-19(18)25(15)21(27)14-24(2)13-16-8-10-17(11-9-16)22(28)29-3/h4-11,15H,12-14H2,1-3H3,(H,23,26). The van der Waals surface area contributed by atoms with Crippen molar-refractivity contribution in [2.45, 2.75) is 25.9 Å². The molecule has 0 bridgehead atoms. The largest absolute Gasteiger partial charge is 0.465 e. The van der Waals surface area contributed by atoms with E-state index < -0.39 is 0 Å². The van der Waals surface area contributed by atoms with Gasteiger partial charge in [0.25, 0.3) is 0 Å². The maximum absolute atomic E-state index is 13.1. The second-order valence-corrected chi connectivity index (χ2v) is 7.24. The smallest absolute Gasteiger partial charge is 0.337 e. The number of ether oxygens (including phenoxy) is 1. The minimum absolute atomic E-state index is 0.0740. The molecule has 0 saturated carbocycles. The highest BCUT2D eigenvalue weighted by Crippen LogP contribution is 2.31. The number of carbonyl (C=O) groups is 3. The summed E-state index contributed by atoms with van der Waals surface area (Å²) in [4.78, 5) is 40.3. The van der Waals surface area contributed by atoms with Crippen molar-refractivity contribution in [3.63, 3.8) is 0 Å². The van der Waals surface area contributed by atoms with E-state index in [-0.39, 0.29) is 36.8 Å². The van der Waals surface area contributed by atoms with E-state index in [0.29, 0.717) is 23.5 Å². The number of methoxy groups -OCH3 is 1. The summed E-state index contributed by atoms with van der Waals surface area (Å²) in [6.45, 7) is 2.63. The predicted octanol–water partition coefficient (Wildman–Crippen LogP) is 2.67. The first-order chi connectivity index (χ1) is 13.9. The molecule has 0 spiro atoms. The highest BCUT2D eigenvalue weighted by Gasteiger charge is 2.29. The van der Waals surface area contributed by atoms with Crippen LogP contribution in [0, 0.1) is 0 Å². The van der Waals surface area contributed by atoms with E-state index in [1.807, 2.05) is 49.2 Å². The molecule has 152 valence electrons. The number of amides is 2. The van der Waals surface area contributed by atoms with Crippen molar-refractivity contribution < 1.29 is 19.1 Å². The third-order valence-electron chi connectivity index (χ3n) is 4.86. The van der Waals surface area contributed by atoms with Crippen LogP contribution in [0.3, 0.4) is 0 Å². The normalized spacial score (nSPS) is 16.1. The molecule has 2 amide bonds. The van der Waals surface area contributed by atoms with E-state index in [1.165, 1.54) is 7.11 Å². The lowest BCUT2D eigenvalue weighted by Crippen LogP contribution is -2.44. The number of esters is 1. The van der Waals surface area contributed by atoms with Crippen molar-refractivity contribution in [2.24, 2.45) is 0 Å². The van der Waals surface area contributed by atoms with Gasteiger partial charge in [0.1, 0.15) is 0 Å². The van der Waals surface area contributed by atoms with Gasteiger partial charge in [-0.05, 0) is 43.8 Å². The number of benzene rings is 2. The number of likely N-dealkylation sites (N-methyl/N-ethyl adjacent to an activating group) is 1. The predicted molar refractivity (Wildman–Crippen MR) is 111 cm³/mol. The number of hydrogen-bond acceptors (Lipinski definition) is 5. The van der Waals surface area contributed by atoms with Gasteiger partial charge in [0.15, 0.2) is 0 Å². The van der Waals surface area contributed by atoms with E-state index in [2.05, 4.69) is 5.32 Å². The zero-order chi connectivity index (χ0) is 21.0. The number of anilines is 2. The second-order valence-electron chi connectivity index (χ2n) is 7.24. The monoisotopic (exact) mass is 395 g/mol. The van der Waals surface area contributed by atoms with Gasteiger partial charge in [0.2, 0.25) is 11.8 Å². The van der Waals surface area contributed by atoms with E-state index >= 15 is 0 Å². The van der Waals surface area contributed by atoms with Crippen molar-refractivity contribution in [2.75, 3.05) is 30.9 Å². The summed E-state index contributed by atoms with van der Waals surface area (Å²) in [5.41, 5.74) is 2.83. The molecule has 1 aliphatic heterocycles. The fraction of sp³-hybridized carbons (Fsp3) is 0.318. The molecule has 0 aromatic heterocycles. The molecular formula is C22H25N3O4. The Morgan fingerprint density at radius 2 is 1.86 bits per heavy atom. The van der Waals surface area contributed by atoms with Gasteiger partial charge >= 0.3 is 5.97 Å². The molecule has 0 saturated heterocycles. The molecule has 1 N–H and O–H groups in total. The van der Waals surface area contributed by atoms with E-state index in [0.717, 1.165) is 5.56 Å². The minimum atomic E-state index is -0.378. The van der Waals surface area contributed by atoms with Crippen LogP contribution in [0.5, 0.6) is 0 Å². The molecule has 7 nitrogen and oxygen atoms in total. The summed E-state index contributed by atoms with van der Waals surface area (Å²) in [6.07, 6.45) is 0.249. The summed E-state index contributed by atoms with van der Waals surface area (Å²) in [5.74, 6) is -0.550. The van der Waals surface area contributed by atoms with Crippen molar-refractivity contribution in [3.05, 3.63) is 59.7 Å². The molecule has 0 aliphatic carbocycles.